The summed E-state index contributed by atoms with van der Waals surface area (Å²) in [5.74, 6) is 2.06. The molecule has 2 aromatic heterocycles. The maximum absolute atomic E-state index is 14.4. The van der Waals surface area contributed by atoms with Crippen molar-refractivity contribution in [1.29, 1.82) is 0 Å². The Kier molecular flexibility index (Phi) is 11.0. The Hall–Kier alpha value is -7.16. The van der Waals surface area contributed by atoms with Crippen molar-refractivity contribution in [2.24, 2.45) is 11.8 Å². The minimum absolute atomic E-state index is 0.0641. The predicted molar refractivity (Wildman–Crippen MR) is 242 cm³/mol. The Morgan fingerprint density at radius 3 is 2.35 bits per heavy atom. The number of nitrogens with zero attached hydrogens (tertiary/aromatic N) is 4. The minimum atomic E-state index is -0.885. The van der Waals surface area contributed by atoms with Crippen LogP contribution in [0.2, 0.25) is 0 Å². The van der Waals surface area contributed by atoms with Gasteiger partial charge in [-0.3, -0.25) is 9.59 Å². The van der Waals surface area contributed by atoms with E-state index in [9.17, 15) is 19.2 Å². The Balaban J connectivity index is 0.864. The number of methoxy groups -OCH3 is 2. The number of H-pyrrole nitrogens is 2. The number of ether oxygens (including phenoxy) is 3. The van der Waals surface area contributed by atoms with Gasteiger partial charge in [-0.25, -0.2) is 19.6 Å². The average Bonchev–Trinajstić information content (AvgIpc) is 4.20. The molecule has 3 aliphatic heterocycles. The number of benzene rings is 4. The third kappa shape index (κ3) is 7.72. The quantitative estimate of drug-likeness (QED) is 0.105. The molecule has 1 aliphatic carbocycles. The molecule has 0 spiro atoms. The summed E-state index contributed by atoms with van der Waals surface area (Å²) in [5.41, 5.74) is 9.41. The number of carbonyl (C=O) groups excluding carboxylic acids is 4. The Labute approximate surface area is 376 Å². The van der Waals surface area contributed by atoms with E-state index in [1.165, 1.54) is 14.2 Å². The molecule has 1 saturated carbocycles. The smallest absolute Gasteiger partial charge is 0.407 e. The monoisotopic (exact) mass is 876 g/mol. The van der Waals surface area contributed by atoms with Gasteiger partial charge in [-0.2, -0.15) is 0 Å². The molecule has 2 bridgehead atoms. The number of hydrogen-bond acceptors (Lipinski definition) is 9. The van der Waals surface area contributed by atoms with Gasteiger partial charge < -0.3 is 44.6 Å². The lowest BCUT2D eigenvalue weighted by atomic mass is 9.92. The molecule has 0 radical (unpaired) electrons. The molecule has 6 aromatic rings. The third-order valence-electron chi connectivity index (χ3n) is 13.7. The number of alkyl carbamates (subject to hydrolysis) is 2. The first kappa shape index (κ1) is 41.8. The van der Waals surface area contributed by atoms with E-state index in [1.807, 2.05) is 66.1 Å². The van der Waals surface area contributed by atoms with E-state index in [-0.39, 0.29) is 41.8 Å². The second-order valence-corrected chi connectivity index (χ2v) is 17.9. The number of amides is 4. The molecule has 4 aromatic carbocycles. The lowest BCUT2D eigenvalue weighted by Crippen LogP contribution is -2.51. The highest BCUT2D eigenvalue weighted by molar-refractivity contribution is 5.89. The number of rotatable bonds is 10. The van der Waals surface area contributed by atoms with Crippen molar-refractivity contribution in [2.75, 3.05) is 20.8 Å². The van der Waals surface area contributed by atoms with Crippen molar-refractivity contribution in [3.63, 3.8) is 0 Å². The van der Waals surface area contributed by atoms with Crippen molar-refractivity contribution in [1.82, 2.24) is 40.4 Å². The van der Waals surface area contributed by atoms with Crippen LogP contribution in [0.1, 0.15) is 86.9 Å². The molecule has 334 valence electrons. The number of carbonyl (C=O) groups is 4. The van der Waals surface area contributed by atoms with Crippen molar-refractivity contribution in [3.8, 4) is 39.3 Å². The highest BCUT2D eigenvalue weighted by atomic mass is 16.5. The minimum Gasteiger partial charge on any atom is -0.488 e. The summed E-state index contributed by atoms with van der Waals surface area (Å²) in [6.45, 7) is 4.79. The van der Waals surface area contributed by atoms with Crippen LogP contribution in [-0.4, -0.2) is 86.6 Å². The van der Waals surface area contributed by atoms with E-state index in [0.717, 1.165) is 93.8 Å². The number of aromatic nitrogens is 4. The first-order valence-corrected chi connectivity index (χ1v) is 22.4. The van der Waals surface area contributed by atoms with Gasteiger partial charge in [-0.05, 0) is 102 Å². The van der Waals surface area contributed by atoms with Crippen LogP contribution in [0.15, 0.2) is 91.1 Å². The van der Waals surface area contributed by atoms with Gasteiger partial charge in [-0.1, -0.05) is 68.4 Å². The van der Waals surface area contributed by atoms with Crippen LogP contribution in [0, 0.1) is 11.8 Å². The van der Waals surface area contributed by atoms with Crippen LogP contribution in [0.4, 0.5) is 9.59 Å². The van der Waals surface area contributed by atoms with Crippen LogP contribution < -0.4 is 15.4 Å². The lowest BCUT2D eigenvalue weighted by Gasteiger charge is -2.36. The number of hydrogen-bond donors (Lipinski definition) is 4. The summed E-state index contributed by atoms with van der Waals surface area (Å²) >= 11 is 0. The van der Waals surface area contributed by atoms with Gasteiger partial charge in [0.2, 0.25) is 5.91 Å². The zero-order chi connectivity index (χ0) is 44.9. The summed E-state index contributed by atoms with van der Waals surface area (Å²) in [6.07, 6.45) is 4.93. The summed E-state index contributed by atoms with van der Waals surface area (Å²) in [7, 11) is 2.59. The SMILES string of the molecule is COC(=O)NC(C(=O)N1[C@@H]2CC[C@@H](C2)[C@H]1c1nc2ccc(-c3ccc4c(c3)COc3cc(-c5cnc([C@@H]6CCCN6C(=O)[C@@H](NC(=O)OC)C(C)C)[nH]5)ccc3-4)cc2[nH]1)c1ccccc1. The molecule has 10 rings (SSSR count). The fourth-order valence-electron chi connectivity index (χ4n) is 10.5. The summed E-state index contributed by atoms with van der Waals surface area (Å²) in [6, 6.07) is 26.1. The predicted octanol–water partition coefficient (Wildman–Crippen LogP) is 8.37. The van der Waals surface area contributed by atoms with Gasteiger partial charge in [0.15, 0.2) is 0 Å². The first-order valence-electron chi connectivity index (χ1n) is 22.4. The zero-order valence-corrected chi connectivity index (χ0v) is 36.8. The summed E-state index contributed by atoms with van der Waals surface area (Å²) in [4.78, 5) is 73.2. The second-order valence-electron chi connectivity index (χ2n) is 17.9. The fourth-order valence-corrected chi connectivity index (χ4v) is 10.5. The molecule has 15 heteroatoms. The molecule has 2 saturated heterocycles. The van der Waals surface area contributed by atoms with Gasteiger partial charge in [0.25, 0.3) is 5.91 Å². The molecule has 4 aliphatic rings. The number of imidazole rings is 2. The van der Waals surface area contributed by atoms with E-state index in [1.54, 1.807) is 6.20 Å². The number of fused-ring (bicyclic) bond motifs is 6. The number of aromatic amines is 2. The lowest BCUT2D eigenvalue weighted by molar-refractivity contribution is -0.138. The number of piperidine rings is 1. The molecule has 5 heterocycles. The Bertz CT molecular complexity index is 2800. The Morgan fingerprint density at radius 1 is 0.800 bits per heavy atom. The number of likely N-dealkylation sites (tertiary alicyclic amines) is 2. The van der Waals surface area contributed by atoms with Crippen LogP contribution in [0.5, 0.6) is 5.75 Å². The maximum atomic E-state index is 14.4. The van der Waals surface area contributed by atoms with E-state index in [0.29, 0.717) is 24.5 Å². The average molecular weight is 877 g/mol. The molecule has 6 atom stereocenters. The highest BCUT2D eigenvalue weighted by Gasteiger charge is 2.51. The van der Waals surface area contributed by atoms with Crippen LogP contribution in [0.3, 0.4) is 0 Å². The summed E-state index contributed by atoms with van der Waals surface area (Å²) in [5, 5.41) is 5.49. The summed E-state index contributed by atoms with van der Waals surface area (Å²) < 4.78 is 16.1. The van der Waals surface area contributed by atoms with Crippen LogP contribution in [-0.2, 0) is 25.7 Å². The van der Waals surface area contributed by atoms with Gasteiger partial charge in [0.05, 0.1) is 49.2 Å². The van der Waals surface area contributed by atoms with Crippen molar-refractivity contribution >= 4 is 35.0 Å². The van der Waals surface area contributed by atoms with Crippen molar-refractivity contribution in [2.45, 2.75) is 82.8 Å². The molecular formula is C50H52N8O7. The zero-order valence-electron chi connectivity index (χ0n) is 36.8. The molecule has 4 N–H and O–H groups in total. The van der Waals surface area contributed by atoms with Crippen LogP contribution >= 0.6 is 0 Å². The van der Waals surface area contributed by atoms with E-state index in [2.05, 4.69) is 63.1 Å². The van der Waals surface area contributed by atoms with Crippen molar-refractivity contribution < 1.29 is 33.4 Å². The molecule has 4 amide bonds. The molecule has 15 nitrogen and oxygen atoms in total. The first-order chi connectivity index (χ1) is 31.6. The fraction of sp³-hybridized carbons (Fsp3) is 0.360. The van der Waals surface area contributed by atoms with Crippen LogP contribution in [0.25, 0.3) is 44.5 Å². The van der Waals surface area contributed by atoms with Gasteiger partial charge in [-0.15, -0.1) is 0 Å². The molecule has 1 unspecified atom stereocenters. The van der Waals surface area contributed by atoms with E-state index < -0.39 is 24.3 Å². The Morgan fingerprint density at radius 2 is 1.55 bits per heavy atom. The van der Waals surface area contributed by atoms with E-state index in [4.69, 9.17) is 24.2 Å². The molecule has 3 fully saturated rings. The van der Waals surface area contributed by atoms with Gasteiger partial charge in [0, 0.05) is 23.7 Å². The maximum Gasteiger partial charge on any atom is 0.407 e. The van der Waals surface area contributed by atoms with E-state index >= 15 is 0 Å². The topological polar surface area (TPSA) is 184 Å². The normalized spacial score (nSPS) is 20.5. The standard InChI is InChI=1S/C50H52N8O7/c1-27(2)42(55-49(61)63-3)47(59)57-20-8-11-40(57)45-51-25-39(54-45)31-14-18-36-35-17-13-29(21-33(35)26-65-41(36)24-31)30-15-19-37-38(23-30)53-46(52-37)44-32-12-16-34(22-32)58(44)48(60)43(56-50(62)64-4)28-9-6-5-7-10-28/h5-7,9-10,13-15,17-19,21,23-25,27,32,34,40,42-44H,8,11-12,16,20,22,26H2,1-4H3,(H,51,54)(H,52,53)(H,55,61)(H,56,62)/t32-,34+,40-,42-,43?,44-/m0/s1. The largest absolute Gasteiger partial charge is 0.488 e. The van der Waals surface area contributed by atoms with Gasteiger partial charge in [0.1, 0.15) is 36.1 Å². The van der Waals surface area contributed by atoms with Gasteiger partial charge >= 0.3 is 12.2 Å². The highest BCUT2D eigenvalue weighted by Crippen LogP contribution is 2.51. The third-order valence-corrected chi connectivity index (χ3v) is 13.7. The van der Waals surface area contributed by atoms with Crippen molar-refractivity contribution in [3.05, 3.63) is 114 Å². The number of nitrogens with one attached hydrogen (secondary N) is 4. The molecular weight excluding hydrogens is 825 g/mol. The second kappa shape index (κ2) is 17.1. The molecule has 65 heavy (non-hydrogen) atoms.